The van der Waals surface area contributed by atoms with Gasteiger partial charge in [-0.25, -0.2) is 0 Å². The van der Waals surface area contributed by atoms with Gasteiger partial charge in [-0.1, -0.05) is 12.1 Å². The topological polar surface area (TPSA) is 9.23 Å². The molecule has 0 spiro atoms. The number of ether oxygens (including phenoxy) is 1. The summed E-state index contributed by atoms with van der Waals surface area (Å²) in [5.74, 6) is 2.27. The third-order valence-corrected chi connectivity index (χ3v) is 3.04. The first kappa shape index (κ1) is 12.4. The predicted octanol–water partition coefficient (Wildman–Crippen LogP) is 3.83. The van der Waals surface area contributed by atoms with E-state index in [1.165, 1.54) is 23.3 Å². The summed E-state index contributed by atoms with van der Waals surface area (Å²) in [5.41, 5.74) is 2.49. The second kappa shape index (κ2) is 6.78. The minimum atomic E-state index is 0.838. The van der Waals surface area contributed by atoms with E-state index >= 15 is 0 Å². The van der Waals surface area contributed by atoms with Gasteiger partial charge in [-0.2, -0.15) is 11.8 Å². The lowest BCUT2D eigenvalue weighted by Gasteiger charge is -2.09. The molecule has 0 fully saturated rings. The zero-order valence-corrected chi connectivity index (χ0v) is 10.7. The minimum absolute atomic E-state index is 0.838. The van der Waals surface area contributed by atoms with E-state index < -0.39 is 0 Å². The van der Waals surface area contributed by atoms with Crippen molar-refractivity contribution in [3.8, 4) is 5.75 Å². The second-order valence-corrected chi connectivity index (χ2v) is 4.80. The van der Waals surface area contributed by atoms with Crippen LogP contribution in [0.1, 0.15) is 24.0 Å². The van der Waals surface area contributed by atoms with E-state index in [4.69, 9.17) is 4.74 Å². The molecule has 2 heteroatoms. The van der Waals surface area contributed by atoms with Crippen molar-refractivity contribution >= 4 is 11.8 Å². The van der Waals surface area contributed by atoms with Gasteiger partial charge < -0.3 is 4.74 Å². The first-order chi connectivity index (χ1) is 7.24. The van der Waals surface area contributed by atoms with E-state index in [0.717, 1.165) is 18.8 Å². The number of thioether (sulfide) groups is 1. The highest BCUT2D eigenvalue weighted by molar-refractivity contribution is 7.98. The molecule has 0 N–H and O–H groups in total. The number of hydrogen-bond acceptors (Lipinski definition) is 2. The summed E-state index contributed by atoms with van der Waals surface area (Å²) in [4.78, 5) is 0. The summed E-state index contributed by atoms with van der Waals surface area (Å²) in [7, 11) is 0. The minimum Gasteiger partial charge on any atom is -0.493 e. The molecule has 0 atom stereocenters. The largest absolute Gasteiger partial charge is 0.493 e. The Hall–Kier alpha value is -0.630. The van der Waals surface area contributed by atoms with E-state index in [1.54, 1.807) is 0 Å². The first-order valence-corrected chi connectivity index (χ1v) is 6.82. The van der Waals surface area contributed by atoms with E-state index in [0.29, 0.717) is 0 Å². The van der Waals surface area contributed by atoms with Crippen molar-refractivity contribution in [2.75, 3.05) is 18.6 Å². The Morgan fingerprint density at radius 3 is 2.73 bits per heavy atom. The van der Waals surface area contributed by atoms with Crippen molar-refractivity contribution < 1.29 is 4.74 Å². The van der Waals surface area contributed by atoms with E-state index in [1.807, 2.05) is 11.8 Å². The lowest BCUT2D eigenvalue weighted by Crippen LogP contribution is -1.99. The smallest absolute Gasteiger partial charge is 0.122 e. The lowest BCUT2D eigenvalue weighted by molar-refractivity contribution is 0.307. The van der Waals surface area contributed by atoms with Crippen LogP contribution in [0.15, 0.2) is 18.2 Å². The molecular formula is C13H20OS. The molecule has 0 radical (unpaired) electrons. The van der Waals surface area contributed by atoms with Crippen LogP contribution in [0.4, 0.5) is 0 Å². The zero-order chi connectivity index (χ0) is 11.1. The second-order valence-electron chi connectivity index (χ2n) is 3.82. The SMILES string of the molecule is CSCCCCOc1cc(C)ccc1C. The van der Waals surface area contributed by atoms with Crippen LogP contribution in [0.2, 0.25) is 0 Å². The molecule has 0 aromatic heterocycles. The van der Waals surface area contributed by atoms with Gasteiger partial charge >= 0.3 is 0 Å². The van der Waals surface area contributed by atoms with Gasteiger partial charge in [0, 0.05) is 0 Å². The molecule has 1 nitrogen and oxygen atoms in total. The Labute approximate surface area is 97.2 Å². The molecule has 0 aliphatic carbocycles. The van der Waals surface area contributed by atoms with Gasteiger partial charge in [0.15, 0.2) is 0 Å². The molecule has 1 rings (SSSR count). The summed E-state index contributed by atoms with van der Waals surface area (Å²) >= 11 is 1.90. The molecule has 0 amide bonds. The predicted molar refractivity (Wildman–Crippen MR) is 69.0 cm³/mol. The summed E-state index contributed by atoms with van der Waals surface area (Å²) in [6.07, 6.45) is 4.53. The Bertz CT molecular complexity index is 297. The van der Waals surface area contributed by atoms with Crippen LogP contribution >= 0.6 is 11.8 Å². The number of unbranched alkanes of at least 4 members (excludes halogenated alkanes) is 1. The number of aryl methyl sites for hydroxylation is 2. The van der Waals surface area contributed by atoms with Gasteiger partial charge in [0.25, 0.3) is 0 Å². The van der Waals surface area contributed by atoms with Gasteiger partial charge in [0.05, 0.1) is 6.61 Å². The normalized spacial score (nSPS) is 10.3. The molecule has 15 heavy (non-hydrogen) atoms. The fraction of sp³-hybridized carbons (Fsp3) is 0.538. The van der Waals surface area contributed by atoms with Crippen molar-refractivity contribution in [3.05, 3.63) is 29.3 Å². The molecule has 0 aliphatic heterocycles. The summed E-state index contributed by atoms with van der Waals surface area (Å²) < 4.78 is 5.75. The molecule has 0 aliphatic rings. The van der Waals surface area contributed by atoms with Crippen LogP contribution < -0.4 is 4.74 Å². The fourth-order valence-electron chi connectivity index (χ4n) is 1.39. The molecule has 1 aromatic carbocycles. The number of hydrogen-bond donors (Lipinski definition) is 0. The molecule has 0 bridgehead atoms. The van der Waals surface area contributed by atoms with Gasteiger partial charge in [-0.05, 0) is 55.9 Å². The van der Waals surface area contributed by atoms with Crippen molar-refractivity contribution in [1.82, 2.24) is 0 Å². The van der Waals surface area contributed by atoms with Crippen LogP contribution in [0.25, 0.3) is 0 Å². The van der Waals surface area contributed by atoms with E-state index in [2.05, 4.69) is 38.3 Å². The highest BCUT2D eigenvalue weighted by Gasteiger charge is 1.99. The van der Waals surface area contributed by atoms with E-state index in [9.17, 15) is 0 Å². The van der Waals surface area contributed by atoms with E-state index in [-0.39, 0.29) is 0 Å². The quantitative estimate of drug-likeness (QED) is 0.679. The average Bonchev–Trinajstić information content (AvgIpc) is 2.23. The molecule has 0 heterocycles. The molecule has 0 unspecified atom stereocenters. The van der Waals surface area contributed by atoms with Crippen molar-refractivity contribution in [1.29, 1.82) is 0 Å². The first-order valence-electron chi connectivity index (χ1n) is 5.43. The third-order valence-electron chi connectivity index (χ3n) is 2.34. The Morgan fingerprint density at radius 1 is 1.20 bits per heavy atom. The number of rotatable bonds is 6. The van der Waals surface area contributed by atoms with Crippen LogP contribution in [0, 0.1) is 13.8 Å². The Kier molecular flexibility index (Phi) is 5.62. The zero-order valence-electron chi connectivity index (χ0n) is 9.88. The summed E-state index contributed by atoms with van der Waals surface area (Å²) in [6, 6.07) is 6.35. The van der Waals surface area contributed by atoms with Gasteiger partial charge in [-0.3, -0.25) is 0 Å². The van der Waals surface area contributed by atoms with Crippen molar-refractivity contribution in [2.45, 2.75) is 26.7 Å². The lowest BCUT2D eigenvalue weighted by atomic mass is 10.1. The number of benzene rings is 1. The summed E-state index contributed by atoms with van der Waals surface area (Å²) in [6.45, 7) is 5.03. The van der Waals surface area contributed by atoms with Crippen molar-refractivity contribution in [3.63, 3.8) is 0 Å². The van der Waals surface area contributed by atoms with Crippen molar-refractivity contribution in [2.24, 2.45) is 0 Å². The molecular weight excluding hydrogens is 204 g/mol. The average molecular weight is 224 g/mol. The third kappa shape index (κ3) is 4.61. The monoisotopic (exact) mass is 224 g/mol. The molecule has 0 saturated carbocycles. The maximum Gasteiger partial charge on any atom is 0.122 e. The molecule has 1 aromatic rings. The van der Waals surface area contributed by atoms with Gasteiger partial charge in [0.2, 0.25) is 0 Å². The van der Waals surface area contributed by atoms with Crippen LogP contribution in [-0.2, 0) is 0 Å². The maximum atomic E-state index is 5.75. The fourth-order valence-corrected chi connectivity index (χ4v) is 1.89. The Balaban J connectivity index is 2.33. The summed E-state index contributed by atoms with van der Waals surface area (Å²) in [5, 5.41) is 0. The Morgan fingerprint density at radius 2 is 2.00 bits per heavy atom. The highest BCUT2D eigenvalue weighted by Crippen LogP contribution is 2.19. The van der Waals surface area contributed by atoms with Gasteiger partial charge in [0.1, 0.15) is 5.75 Å². The van der Waals surface area contributed by atoms with Crippen LogP contribution in [-0.4, -0.2) is 18.6 Å². The molecule has 84 valence electrons. The van der Waals surface area contributed by atoms with Crippen LogP contribution in [0.5, 0.6) is 5.75 Å². The standard InChI is InChI=1S/C13H20OS/c1-11-6-7-12(2)13(10-11)14-8-4-5-9-15-3/h6-7,10H,4-5,8-9H2,1-3H3. The van der Waals surface area contributed by atoms with Crippen LogP contribution in [0.3, 0.4) is 0 Å². The highest BCUT2D eigenvalue weighted by atomic mass is 32.2. The maximum absolute atomic E-state index is 5.75. The molecule has 0 saturated heterocycles. The van der Waals surface area contributed by atoms with Gasteiger partial charge in [-0.15, -0.1) is 0 Å².